The second-order valence-electron chi connectivity index (χ2n) is 6.61. The van der Waals surface area contributed by atoms with Gasteiger partial charge in [0.1, 0.15) is 11.5 Å². The Kier molecular flexibility index (Phi) is 5.89. The van der Waals surface area contributed by atoms with Gasteiger partial charge >= 0.3 is 0 Å². The molecule has 1 amide bonds. The van der Waals surface area contributed by atoms with E-state index in [-0.39, 0.29) is 37.0 Å². The van der Waals surface area contributed by atoms with Gasteiger partial charge in [-0.05, 0) is 6.07 Å². The van der Waals surface area contributed by atoms with E-state index in [1.807, 2.05) is 4.90 Å². The quantitative estimate of drug-likeness (QED) is 0.821. The third-order valence-corrected chi connectivity index (χ3v) is 4.94. The molecule has 0 saturated carbocycles. The van der Waals surface area contributed by atoms with Gasteiger partial charge in [0.25, 0.3) is 0 Å². The first-order chi connectivity index (χ1) is 12.0. The first-order valence-corrected chi connectivity index (χ1v) is 8.78. The Morgan fingerprint density at radius 2 is 2.20 bits per heavy atom. The van der Waals surface area contributed by atoms with Crippen LogP contribution in [0.2, 0.25) is 5.02 Å². The van der Waals surface area contributed by atoms with Gasteiger partial charge in [0.2, 0.25) is 5.91 Å². The maximum Gasteiger partial charge on any atom is 0.237 e. The third kappa shape index (κ3) is 4.67. The van der Waals surface area contributed by atoms with Gasteiger partial charge in [-0.2, -0.15) is 0 Å². The number of amides is 1. The molecule has 1 aromatic carbocycles. The highest BCUT2D eigenvalue weighted by Gasteiger charge is 2.43. The van der Waals surface area contributed by atoms with Crippen molar-refractivity contribution in [1.82, 2.24) is 15.5 Å². The molecule has 25 heavy (non-hydrogen) atoms. The van der Waals surface area contributed by atoms with Crippen LogP contribution in [0.15, 0.2) is 18.2 Å². The van der Waals surface area contributed by atoms with Crippen LogP contribution in [0.25, 0.3) is 0 Å². The second kappa shape index (κ2) is 7.95. The standard InChI is InChI=1S/C17H22ClF2N3O2/c18-13-3-1-2-12(15(13)19)9-21-16(24)14-8-17(20,10-22-14)11-23-4-6-25-7-5-23/h1-3,14,22H,4-11H2,(H,21,24). The molecule has 0 spiro atoms. The minimum Gasteiger partial charge on any atom is -0.379 e. The summed E-state index contributed by atoms with van der Waals surface area (Å²) in [4.78, 5) is 14.3. The summed E-state index contributed by atoms with van der Waals surface area (Å²) in [7, 11) is 0. The molecule has 0 bridgehead atoms. The molecule has 5 nitrogen and oxygen atoms in total. The first-order valence-electron chi connectivity index (χ1n) is 8.40. The second-order valence-corrected chi connectivity index (χ2v) is 7.01. The fraction of sp³-hybridized carbons (Fsp3) is 0.588. The fourth-order valence-electron chi connectivity index (χ4n) is 3.27. The van der Waals surface area contributed by atoms with Crippen molar-refractivity contribution in [3.63, 3.8) is 0 Å². The van der Waals surface area contributed by atoms with Gasteiger partial charge in [0.15, 0.2) is 0 Å². The summed E-state index contributed by atoms with van der Waals surface area (Å²) in [6.45, 7) is 3.07. The third-order valence-electron chi connectivity index (χ3n) is 4.65. The van der Waals surface area contributed by atoms with Crippen molar-refractivity contribution in [1.29, 1.82) is 0 Å². The van der Waals surface area contributed by atoms with Gasteiger partial charge in [-0.15, -0.1) is 0 Å². The Labute approximate surface area is 150 Å². The van der Waals surface area contributed by atoms with Crippen molar-refractivity contribution in [3.8, 4) is 0 Å². The number of ether oxygens (including phenoxy) is 1. The van der Waals surface area contributed by atoms with E-state index in [9.17, 15) is 13.6 Å². The van der Waals surface area contributed by atoms with Crippen LogP contribution in [-0.2, 0) is 16.1 Å². The number of rotatable bonds is 5. The molecule has 2 aliphatic heterocycles. The van der Waals surface area contributed by atoms with Crippen molar-refractivity contribution in [3.05, 3.63) is 34.6 Å². The molecule has 2 unspecified atom stereocenters. The molecule has 3 rings (SSSR count). The summed E-state index contributed by atoms with van der Waals surface area (Å²) in [5.74, 6) is -0.878. The Morgan fingerprint density at radius 1 is 1.44 bits per heavy atom. The number of benzene rings is 1. The van der Waals surface area contributed by atoms with Gasteiger partial charge < -0.3 is 15.4 Å². The predicted octanol–water partition coefficient (Wildman–Crippen LogP) is 1.50. The fourth-order valence-corrected chi connectivity index (χ4v) is 3.47. The molecule has 8 heteroatoms. The summed E-state index contributed by atoms with van der Waals surface area (Å²) in [6, 6.07) is 4.01. The number of carbonyl (C=O) groups is 1. The Balaban J connectivity index is 1.50. The van der Waals surface area contributed by atoms with Crippen molar-refractivity contribution in [2.45, 2.75) is 24.7 Å². The molecule has 2 aliphatic rings. The summed E-state index contributed by atoms with van der Waals surface area (Å²) >= 11 is 5.72. The van der Waals surface area contributed by atoms with Gasteiger partial charge in [0.05, 0.1) is 24.3 Å². The van der Waals surface area contributed by atoms with Crippen molar-refractivity contribution in [2.75, 3.05) is 39.4 Å². The molecule has 0 aliphatic carbocycles. The number of morpholine rings is 1. The molecule has 2 fully saturated rings. The number of hydrogen-bond donors (Lipinski definition) is 2. The van der Waals surface area contributed by atoms with Crippen LogP contribution in [-0.4, -0.2) is 61.9 Å². The average Bonchev–Trinajstić information content (AvgIpc) is 2.99. The zero-order valence-corrected chi connectivity index (χ0v) is 14.6. The molecule has 138 valence electrons. The Morgan fingerprint density at radius 3 is 2.96 bits per heavy atom. The number of carbonyl (C=O) groups excluding carboxylic acids is 1. The lowest BCUT2D eigenvalue weighted by molar-refractivity contribution is -0.123. The highest BCUT2D eigenvalue weighted by molar-refractivity contribution is 6.30. The van der Waals surface area contributed by atoms with E-state index in [1.54, 1.807) is 12.1 Å². The lowest BCUT2D eigenvalue weighted by Crippen LogP contribution is -2.46. The van der Waals surface area contributed by atoms with E-state index in [0.29, 0.717) is 31.9 Å². The molecular weight excluding hydrogens is 352 g/mol. The molecule has 0 radical (unpaired) electrons. The van der Waals surface area contributed by atoms with Crippen LogP contribution in [0, 0.1) is 5.82 Å². The highest BCUT2D eigenvalue weighted by atomic mass is 35.5. The van der Waals surface area contributed by atoms with Crippen LogP contribution in [0.5, 0.6) is 0 Å². The normalized spacial score (nSPS) is 27.4. The van der Waals surface area contributed by atoms with E-state index < -0.39 is 17.5 Å². The summed E-state index contributed by atoms with van der Waals surface area (Å²) in [6.07, 6.45) is 0.105. The average molecular weight is 374 g/mol. The Hall–Kier alpha value is -1.28. The monoisotopic (exact) mass is 373 g/mol. The van der Waals surface area contributed by atoms with E-state index in [1.165, 1.54) is 6.07 Å². The molecule has 2 heterocycles. The highest BCUT2D eigenvalue weighted by Crippen LogP contribution is 2.26. The first kappa shape index (κ1) is 18.5. The van der Waals surface area contributed by atoms with E-state index >= 15 is 0 Å². The van der Waals surface area contributed by atoms with Crippen molar-refractivity contribution < 1.29 is 18.3 Å². The summed E-state index contributed by atoms with van der Waals surface area (Å²) in [5.41, 5.74) is -1.14. The van der Waals surface area contributed by atoms with Crippen LogP contribution in [0.4, 0.5) is 8.78 Å². The van der Waals surface area contributed by atoms with Gasteiger partial charge in [-0.1, -0.05) is 23.7 Å². The smallest absolute Gasteiger partial charge is 0.237 e. The van der Waals surface area contributed by atoms with Crippen LogP contribution >= 0.6 is 11.6 Å². The SMILES string of the molecule is O=C(NCc1cccc(Cl)c1F)C1CC(F)(CN2CCOCC2)CN1. The molecule has 2 N–H and O–H groups in total. The lowest BCUT2D eigenvalue weighted by atomic mass is 10.0. The van der Waals surface area contributed by atoms with Crippen LogP contribution in [0.1, 0.15) is 12.0 Å². The molecule has 1 aromatic rings. The van der Waals surface area contributed by atoms with Gasteiger partial charge in [0, 0.05) is 44.7 Å². The lowest BCUT2D eigenvalue weighted by Gasteiger charge is -2.31. The number of halogens is 3. The van der Waals surface area contributed by atoms with Crippen molar-refractivity contribution >= 4 is 17.5 Å². The predicted molar refractivity (Wildman–Crippen MR) is 90.8 cm³/mol. The maximum atomic E-state index is 15.0. The summed E-state index contributed by atoms with van der Waals surface area (Å²) < 4.78 is 34.1. The van der Waals surface area contributed by atoms with E-state index in [2.05, 4.69) is 10.6 Å². The molecule has 2 saturated heterocycles. The van der Waals surface area contributed by atoms with Gasteiger partial charge in [-0.3, -0.25) is 9.69 Å². The molecular formula is C17H22ClF2N3O2. The topological polar surface area (TPSA) is 53.6 Å². The number of nitrogens with one attached hydrogen (secondary N) is 2. The van der Waals surface area contributed by atoms with E-state index in [0.717, 1.165) is 0 Å². The number of hydrogen-bond acceptors (Lipinski definition) is 4. The zero-order valence-electron chi connectivity index (χ0n) is 13.9. The minimum atomic E-state index is -1.44. The minimum absolute atomic E-state index is 0.0130. The van der Waals surface area contributed by atoms with Crippen molar-refractivity contribution in [2.24, 2.45) is 0 Å². The van der Waals surface area contributed by atoms with Gasteiger partial charge in [-0.25, -0.2) is 8.78 Å². The zero-order chi connectivity index (χ0) is 17.9. The van der Waals surface area contributed by atoms with E-state index in [4.69, 9.17) is 16.3 Å². The van der Waals surface area contributed by atoms with Crippen LogP contribution in [0.3, 0.4) is 0 Å². The Bertz CT molecular complexity index is 628. The molecule has 0 aromatic heterocycles. The number of alkyl halides is 1. The largest absolute Gasteiger partial charge is 0.379 e. The summed E-state index contributed by atoms with van der Waals surface area (Å²) in [5, 5.41) is 5.60. The maximum absolute atomic E-state index is 15.0. The van der Waals surface area contributed by atoms with Crippen LogP contribution < -0.4 is 10.6 Å². The number of nitrogens with zero attached hydrogens (tertiary/aromatic N) is 1. The molecule has 2 atom stereocenters.